The van der Waals surface area contributed by atoms with Crippen molar-refractivity contribution in [1.29, 1.82) is 0 Å². The molecule has 0 heterocycles. The summed E-state index contributed by atoms with van der Waals surface area (Å²) >= 11 is 0. The van der Waals surface area contributed by atoms with Gasteiger partial charge in [0.25, 0.3) is 0 Å². The van der Waals surface area contributed by atoms with Crippen molar-refractivity contribution in [3.63, 3.8) is 0 Å². The lowest BCUT2D eigenvalue weighted by Crippen LogP contribution is -2.22. The van der Waals surface area contributed by atoms with E-state index in [1.165, 1.54) is 96.3 Å². The SMILES string of the molecule is CCCCCCCCCCCCCCCCCCOCCOCCOCCOCCOCCC(=O)OCC(O)CO. The summed E-state index contributed by atoms with van der Waals surface area (Å²) in [6.07, 6.45) is 21.1. The average Bonchev–Trinajstić information content (AvgIpc) is 2.98. The van der Waals surface area contributed by atoms with E-state index in [1.54, 1.807) is 0 Å². The van der Waals surface area contributed by atoms with Crippen molar-refractivity contribution in [3.05, 3.63) is 0 Å². The monoisotopic (exact) mass is 592 g/mol. The van der Waals surface area contributed by atoms with Crippen molar-refractivity contribution >= 4 is 5.97 Å². The third-order valence-corrected chi connectivity index (χ3v) is 6.73. The average molecular weight is 593 g/mol. The summed E-state index contributed by atoms with van der Waals surface area (Å²) in [7, 11) is 0. The Balaban J connectivity index is 3.09. The molecule has 0 spiro atoms. The fourth-order valence-electron chi connectivity index (χ4n) is 4.20. The van der Waals surface area contributed by atoms with Gasteiger partial charge in [-0.1, -0.05) is 103 Å². The van der Waals surface area contributed by atoms with E-state index in [9.17, 15) is 4.79 Å². The maximum Gasteiger partial charge on any atom is 0.308 e. The maximum atomic E-state index is 11.4. The summed E-state index contributed by atoms with van der Waals surface area (Å²) in [6.45, 7) is 6.67. The van der Waals surface area contributed by atoms with Gasteiger partial charge in [0.15, 0.2) is 0 Å². The Kier molecular flexibility index (Phi) is 34.7. The van der Waals surface area contributed by atoms with E-state index >= 15 is 0 Å². The number of unbranched alkanes of at least 4 members (excludes halogenated alkanes) is 15. The van der Waals surface area contributed by atoms with E-state index in [0.717, 1.165) is 13.0 Å². The number of carbonyl (C=O) groups excluding carboxylic acids is 1. The van der Waals surface area contributed by atoms with Gasteiger partial charge in [-0.2, -0.15) is 0 Å². The van der Waals surface area contributed by atoms with Crippen LogP contribution in [0.2, 0.25) is 0 Å². The predicted octanol–water partition coefficient (Wildman–Crippen LogP) is 5.62. The summed E-state index contributed by atoms with van der Waals surface area (Å²) in [5.41, 5.74) is 0. The normalized spacial score (nSPS) is 12.2. The van der Waals surface area contributed by atoms with Gasteiger partial charge in [0.05, 0.1) is 72.5 Å². The van der Waals surface area contributed by atoms with Crippen molar-refractivity contribution in [2.75, 3.05) is 79.3 Å². The number of aliphatic hydroxyl groups excluding tert-OH is 2. The van der Waals surface area contributed by atoms with Crippen LogP contribution in [-0.2, 0) is 33.2 Å². The van der Waals surface area contributed by atoms with Crippen molar-refractivity contribution in [2.45, 2.75) is 122 Å². The molecule has 9 heteroatoms. The number of carbonyl (C=O) groups is 1. The zero-order chi connectivity index (χ0) is 29.9. The minimum atomic E-state index is -1.04. The highest BCUT2D eigenvalue weighted by atomic mass is 16.6. The molecule has 0 aromatic rings. The first-order valence-corrected chi connectivity index (χ1v) is 16.5. The molecule has 0 radical (unpaired) electrons. The molecule has 0 aliphatic carbocycles. The minimum Gasteiger partial charge on any atom is -0.463 e. The molecule has 0 saturated heterocycles. The van der Waals surface area contributed by atoms with Gasteiger partial charge in [-0.05, 0) is 6.42 Å². The number of esters is 1. The lowest BCUT2D eigenvalue weighted by atomic mass is 10.0. The summed E-state index contributed by atoms with van der Waals surface area (Å²) in [4.78, 5) is 11.4. The molecule has 0 aromatic heterocycles. The molecule has 0 aliphatic heterocycles. The lowest BCUT2D eigenvalue weighted by Gasteiger charge is -2.09. The molecule has 2 N–H and O–H groups in total. The molecule has 0 amide bonds. The van der Waals surface area contributed by atoms with Crippen LogP contribution in [0.25, 0.3) is 0 Å². The van der Waals surface area contributed by atoms with Gasteiger partial charge in [-0.25, -0.2) is 0 Å². The van der Waals surface area contributed by atoms with Gasteiger partial charge in [0, 0.05) is 6.61 Å². The van der Waals surface area contributed by atoms with Crippen LogP contribution in [0.4, 0.5) is 0 Å². The molecular formula is C32H64O9. The Bertz CT molecular complexity index is 508. The van der Waals surface area contributed by atoms with E-state index in [2.05, 4.69) is 6.92 Å². The fraction of sp³-hybridized carbons (Fsp3) is 0.969. The van der Waals surface area contributed by atoms with E-state index in [4.69, 9.17) is 38.6 Å². The van der Waals surface area contributed by atoms with E-state index in [-0.39, 0.29) is 19.6 Å². The Hall–Kier alpha value is -0.810. The topological polar surface area (TPSA) is 113 Å². The molecule has 9 nitrogen and oxygen atoms in total. The highest BCUT2D eigenvalue weighted by Gasteiger charge is 2.07. The molecule has 41 heavy (non-hydrogen) atoms. The van der Waals surface area contributed by atoms with Crippen molar-refractivity contribution in [1.82, 2.24) is 0 Å². The second kappa shape index (κ2) is 35.4. The largest absolute Gasteiger partial charge is 0.463 e. The van der Waals surface area contributed by atoms with Gasteiger partial charge in [0.2, 0.25) is 0 Å². The van der Waals surface area contributed by atoms with Gasteiger partial charge < -0.3 is 38.6 Å². The van der Waals surface area contributed by atoms with Crippen LogP contribution in [0.15, 0.2) is 0 Å². The highest BCUT2D eigenvalue weighted by Crippen LogP contribution is 2.13. The van der Waals surface area contributed by atoms with E-state index in [0.29, 0.717) is 52.9 Å². The third-order valence-electron chi connectivity index (χ3n) is 6.73. The number of ether oxygens (including phenoxy) is 6. The van der Waals surface area contributed by atoms with E-state index in [1.807, 2.05) is 0 Å². The zero-order valence-corrected chi connectivity index (χ0v) is 26.3. The van der Waals surface area contributed by atoms with Crippen molar-refractivity contribution in [3.8, 4) is 0 Å². The van der Waals surface area contributed by atoms with Crippen molar-refractivity contribution < 1.29 is 43.4 Å². The highest BCUT2D eigenvalue weighted by molar-refractivity contribution is 5.69. The van der Waals surface area contributed by atoms with Gasteiger partial charge in [-0.15, -0.1) is 0 Å². The van der Waals surface area contributed by atoms with Crippen LogP contribution in [0, 0.1) is 0 Å². The first kappa shape index (κ1) is 40.2. The summed E-state index contributed by atoms with van der Waals surface area (Å²) in [5.74, 6) is -0.476. The molecule has 0 saturated carbocycles. The van der Waals surface area contributed by atoms with Gasteiger partial charge in [-0.3, -0.25) is 4.79 Å². The second-order valence-corrected chi connectivity index (χ2v) is 10.6. The fourth-order valence-corrected chi connectivity index (χ4v) is 4.20. The molecule has 1 atom stereocenters. The standard InChI is InChI=1S/C32H64O9/c1-2-3-4-5-6-7-8-9-10-11-12-13-14-15-16-17-19-36-21-23-38-25-27-40-28-26-39-24-22-37-20-18-32(35)41-30-31(34)29-33/h31,33-34H,2-30H2,1H3. The smallest absolute Gasteiger partial charge is 0.308 e. The van der Waals surface area contributed by atoms with Crippen LogP contribution < -0.4 is 0 Å². The third kappa shape index (κ3) is 35.3. The molecule has 1 unspecified atom stereocenters. The first-order valence-electron chi connectivity index (χ1n) is 16.5. The summed E-state index contributed by atoms with van der Waals surface area (Å²) in [5, 5.41) is 17.7. The van der Waals surface area contributed by atoms with Crippen LogP contribution >= 0.6 is 0 Å². The second-order valence-electron chi connectivity index (χ2n) is 10.6. The Morgan fingerprint density at radius 1 is 0.512 bits per heavy atom. The number of hydrogen-bond acceptors (Lipinski definition) is 9. The summed E-state index contributed by atoms with van der Waals surface area (Å²) in [6, 6.07) is 0. The Labute approximate surface area is 250 Å². The lowest BCUT2D eigenvalue weighted by molar-refractivity contribution is -0.148. The number of aliphatic hydroxyl groups is 2. The Morgan fingerprint density at radius 2 is 0.854 bits per heavy atom. The van der Waals surface area contributed by atoms with E-state index < -0.39 is 18.7 Å². The zero-order valence-electron chi connectivity index (χ0n) is 26.3. The van der Waals surface area contributed by atoms with Gasteiger partial charge in [0.1, 0.15) is 12.7 Å². The van der Waals surface area contributed by atoms with Crippen LogP contribution in [0.1, 0.15) is 116 Å². The molecule has 0 aliphatic rings. The molecular weight excluding hydrogens is 528 g/mol. The summed E-state index contributed by atoms with van der Waals surface area (Å²) < 4.78 is 32.1. The Morgan fingerprint density at radius 3 is 1.24 bits per heavy atom. The molecule has 0 aromatic carbocycles. The minimum absolute atomic E-state index is 0.0891. The molecule has 0 rings (SSSR count). The maximum absolute atomic E-state index is 11.4. The van der Waals surface area contributed by atoms with Gasteiger partial charge >= 0.3 is 5.97 Å². The first-order chi connectivity index (χ1) is 20.2. The van der Waals surface area contributed by atoms with Crippen molar-refractivity contribution in [2.24, 2.45) is 0 Å². The van der Waals surface area contributed by atoms with Crippen LogP contribution in [-0.4, -0.2) is 102 Å². The molecule has 0 fully saturated rings. The number of rotatable bonds is 35. The predicted molar refractivity (Wildman–Crippen MR) is 162 cm³/mol. The molecule has 246 valence electrons. The van der Waals surface area contributed by atoms with Crippen LogP contribution in [0.5, 0.6) is 0 Å². The number of hydrogen-bond donors (Lipinski definition) is 2. The quantitative estimate of drug-likeness (QED) is 0.0715. The van der Waals surface area contributed by atoms with Crippen LogP contribution in [0.3, 0.4) is 0 Å². The molecule has 0 bridgehead atoms.